The molecule has 2 heterocycles. The summed E-state index contributed by atoms with van der Waals surface area (Å²) in [4.78, 5) is 8.78. The molecule has 0 aliphatic carbocycles. The lowest BCUT2D eigenvalue weighted by molar-refractivity contribution is 0.681. The van der Waals surface area contributed by atoms with E-state index in [1.165, 1.54) is 11.3 Å². The zero-order valence-corrected chi connectivity index (χ0v) is 12.5. The Morgan fingerprint density at radius 3 is 2.90 bits per heavy atom. The molecule has 20 heavy (non-hydrogen) atoms. The molecule has 2 N–H and O–H groups in total. The van der Waals surface area contributed by atoms with Crippen molar-refractivity contribution in [2.75, 3.05) is 5.73 Å². The third-order valence-corrected chi connectivity index (χ3v) is 5.47. The van der Waals surface area contributed by atoms with Gasteiger partial charge in [-0.3, -0.25) is 9.19 Å². The first-order chi connectivity index (χ1) is 9.61. The van der Waals surface area contributed by atoms with Crippen molar-refractivity contribution in [3.63, 3.8) is 0 Å². The van der Waals surface area contributed by atoms with Crippen LogP contribution in [0.5, 0.6) is 0 Å². The Morgan fingerprint density at radius 1 is 1.25 bits per heavy atom. The Bertz CT molecular complexity index is 798. The molecular weight excluding hydrogens is 290 g/mol. The van der Waals surface area contributed by atoms with Crippen LogP contribution < -0.4 is 5.73 Å². The summed E-state index contributed by atoms with van der Waals surface area (Å²) in [5.41, 5.74) is 9.02. The molecule has 0 radical (unpaired) electrons. The first kappa shape index (κ1) is 13.2. The van der Waals surface area contributed by atoms with Gasteiger partial charge in [-0.2, -0.15) is 0 Å². The van der Waals surface area contributed by atoms with Gasteiger partial charge >= 0.3 is 0 Å². The zero-order chi connectivity index (χ0) is 14.1. The number of rotatable bonds is 3. The maximum Gasteiger partial charge on any atom is 0.182 e. The van der Waals surface area contributed by atoms with E-state index in [4.69, 9.17) is 5.73 Å². The van der Waals surface area contributed by atoms with E-state index < -0.39 is 10.8 Å². The topological polar surface area (TPSA) is 68.9 Å². The van der Waals surface area contributed by atoms with Crippen molar-refractivity contribution < 1.29 is 4.21 Å². The number of benzene rings is 1. The van der Waals surface area contributed by atoms with Crippen molar-refractivity contribution in [1.82, 2.24) is 9.97 Å². The molecule has 1 atom stereocenters. The van der Waals surface area contributed by atoms with Crippen LogP contribution in [0.4, 0.5) is 5.69 Å². The predicted molar refractivity (Wildman–Crippen MR) is 83.1 cm³/mol. The van der Waals surface area contributed by atoms with Crippen LogP contribution >= 0.6 is 11.3 Å². The number of aromatic nitrogens is 2. The van der Waals surface area contributed by atoms with Gasteiger partial charge in [-0.15, -0.1) is 11.3 Å². The Kier molecular flexibility index (Phi) is 3.50. The third kappa shape index (κ3) is 2.71. The maximum atomic E-state index is 12.4. The smallest absolute Gasteiger partial charge is 0.182 e. The van der Waals surface area contributed by atoms with E-state index in [1.807, 2.05) is 37.3 Å². The molecule has 6 heteroatoms. The van der Waals surface area contributed by atoms with Gasteiger partial charge in [0.2, 0.25) is 0 Å². The molecular formula is C14H13N3OS2. The summed E-state index contributed by atoms with van der Waals surface area (Å²) >= 11 is 1.42. The van der Waals surface area contributed by atoms with Gasteiger partial charge in [0.25, 0.3) is 0 Å². The van der Waals surface area contributed by atoms with E-state index in [2.05, 4.69) is 9.97 Å². The van der Waals surface area contributed by atoms with Crippen molar-refractivity contribution >= 4 is 38.0 Å². The summed E-state index contributed by atoms with van der Waals surface area (Å²) in [6.07, 6.45) is 0. The van der Waals surface area contributed by atoms with Crippen LogP contribution in [-0.2, 0) is 16.6 Å². The van der Waals surface area contributed by atoms with Gasteiger partial charge in [0.1, 0.15) is 0 Å². The summed E-state index contributed by atoms with van der Waals surface area (Å²) in [6.45, 7) is 1.92. The van der Waals surface area contributed by atoms with Gasteiger partial charge in [0, 0.05) is 11.4 Å². The molecule has 0 saturated heterocycles. The van der Waals surface area contributed by atoms with Crippen molar-refractivity contribution in [2.45, 2.75) is 17.0 Å². The fourth-order valence-corrected chi connectivity index (χ4v) is 4.21. The molecule has 0 aliphatic rings. The summed E-state index contributed by atoms with van der Waals surface area (Å²) in [5, 5.41) is 0. The highest BCUT2D eigenvalue weighted by molar-refractivity contribution is 7.86. The number of thiazole rings is 1. The molecule has 3 rings (SSSR count). The number of nitrogen functional groups attached to an aromatic ring is 1. The van der Waals surface area contributed by atoms with Gasteiger partial charge in [0.15, 0.2) is 4.34 Å². The van der Waals surface area contributed by atoms with E-state index in [0.29, 0.717) is 15.8 Å². The number of anilines is 1. The molecule has 1 aromatic carbocycles. The normalized spacial score (nSPS) is 12.7. The van der Waals surface area contributed by atoms with Crippen LogP contribution in [0.2, 0.25) is 0 Å². The molecule has 4 nitrogen and oxygen atoms in total. The van der Waals surface area contributed by atoms with Crippen LogP contribution in [0.15, 0.2) is 40.7 Å². The molecule has 0 amide bonds. The average molecular weight is 303 g/mol. The minimum absolute atomic E-state index is 0.386. The molecule has 102 valence electrons. The van der Waals surface area contributed by atoms with Gasteiger partial charge in [-0.05, 0) is 37.3 Å². The number of hydrogen-bond donors (Lipinski definition) is 1. The number of nitrogens with zero attached hydrogens (tertiary/aromatic N) is 2. The molecule has 3 aromatic rings. The van der Waals surface area contributed by atoms with Gasteiger partial charge in [-0.25, -0.2) is 4.98 Å². The fourth-order valence-electron chi connectivity index (χ4n) is 1.89. The highest BCUT2D eigenvalue weighted by Gasteiger charge is 2.12. The van der Waals surface area contributed by atoms with Crippen LogP contribution in [0.3, 0.4) is 0 Å². The molecule has 0 bridgehead atoms. The summed E-state index contributed by atoms with van der Waals surface area (Å²) < 4.78 is 14.0. The predicted octanol–water partition coefficient (Wildman–Crippen LogP) is 2.89. The van der Waals surface area contributed by atoms with Crippen LogP contribution in [0.1, 0.15) is 11.4 Å². The number of aryl methyl sites for hydroxylation is 1. The average Bonchev–Trinajstić information content (AvgIpc) is 2.81. The van der Waals surface area contributed by atoms with E-state index in [1.54, 1.807) is 6.07 Å². The first-order valence-electron chi connectivity index (χ1n) is 6.09. The lowest BCUT2D eigenvalue weighted by atomic mass is 10.3. The minimum Gasteiger partial charge on any atom is -0.399 e. The van der Waals surface area contributed by atoms with E-state index in [0.717, 1.165) is 21.6 Å². The van der Waals surface area contributed by atoms with E-state index in [-0.39, 0.29) is 0 Å². The Labute approximate surface area is 123 Å². The quantitative estimate of drug-likeness (QED) is 0.755. The van der Waals surface area contributed by atoms with Crippen molar-refractivity contribution in [1.29, 1.82) is 0 Å². The lowest BCUT2D eigenvalue weighted by Crippen LogP contribution is -1.99. The SMILES string of the molecule is Cc1cccc(CS(=O)c2nc3ccc(N)cc3s2)n1. The molecule has 1 unspecified atom stereocenters. The van der Waals surface area contributed by atoms with Crippen LogP contribution in [0, 0.1) is 6.92 Å². The first-order valence-corrected chi connectivity index (χ1v) is 8.22. The lowest BCUT2D eigenvalue weighted by Gasteiger charge is -1.99. The zero-order valence-electron chi connectivity index (χ0n) is 10.9. The van der Waals surface area contributed by atoms with E-state index in [9.17, 15) is 4.21 Å². The monoisotopic (exact) mass is 303 g/mol. The Balaban J connectivity index is 1.88. The highest BCUT2D eigenvalue weighted by Crippen LogP contribution is 2.27. The Hall–Kier alpha value is -1.79. The second kappa shape index (κ2) is 5.30. The largest absolute Gasteiger partial charge is 0.399 e. The molecule has 2 aromatic heterocycles. The van der Waals surface area contributed by atoms with Crippen LogP contribution in [0.25, 0.3) is 10.2 Å². The second-order valence-electron chi connectivity index (χ2n) is 4.47. The molecule has 0 spiro atoms. The molecule has 0 aliphatic heterocycles. The summed E-state index contributed by atoms with van der Waals surface area (Å²) in [6, 6.07) is 11.2. The molecule has 0 fully saturated rings. The van der Waals surface area contributed by atoms with Crippen molar-refractivity contribution in [3.05, 3.63) is 47.8 Å². The van der Waals surface area contributed by atoms with Gasteiger partial charge < -0.3 is 5.73 Å². The standard InChI is InChI=1S/C14H13N3OS2/c1-9-3-2-4-11(16-9)8-20(18)14-17-12-6-5-10(15)7-13(12)19-14/h2-7H,8,15H2,1H3. The van der Waals surface area contributed by atoms with Crippen molar-refractivity contribution in [3.8, 4) is 0 Å². The van der Waals surface area contributed by atoms with E-state index >= 15 is 0 Å². The van der Waals surface area contributed by atoms with Gasteiger partial charge in [-0.1, -0.05) is 6.07 Å². The number of nitrogens with two attached hydrogens (primary N) is 1. The Morgan fingerprint density at radius 2 is 2.10 bits per heavy atom. The molecule has 0 saturated carbocycles. The highest BCUT2D eigenvalue weighted by atomic mass is 32.2. The summed E-state index contributed by atoms with van der Waals surface area (Å²) in [7, 11) is -1.18. The minimum atomic E-state index is -1.18. The summed E-state index contributed by atoms with van der Waals surface area (Å²) in [5.74, 6) is 0.386. The van der Waals surface area contributed by atoms with Crippen LogP contribution in [-0.4, -0.2) is 14.2 Å². The third-order valence-electron chi connectivity index (χ3n) is 2.81. The second-order valence-corrected chi connectivity index (χ2v) is 7.12. The van der Waals surface area contributed by atoms with Gasteiger partial charge in [0.05, 0.1) is 32.5 Å². The fraction of sp³-hybridized carbons (Fsp3) is 0.143. The maximum absolute atomic E-state index is 12.4. The number of hydrogen-bond acceptors (Lipinski definition) is 5. The number of pyridine rings is 1. The number of fused-ring (bicyclic) bond motifs is 1. The van der Waals surface area contributed by atoms with Crippen molar-refractivity contribution in [2.24, 2.45) is 0 Å².